The van der Waals surface area contributed by atoms with E-state index in [1.54, 1.807) is 7.11 Å². The molecule has 1 aliphatic heterocycles. The Labute approximate surface area is 206 Å². The predicted molar refractivity (Wildman–Crippen MR) is 135 cm³/mol. The summed E-state index contributed by atoms with van der Waals surface area (Å²) in [6.45, 7) is 11.0. The SMILES string of the molecule is C=CCN1CC(C)N(C(c2ccc(-c3ncn(CC(=O)O)n3)cc2)c2cccc(OC)c2)CC1C. The number of rotatable bonds is 9. The highest BCUT2D eigenvalue weighted by molar-refractivity contribution is 5.66. The third-order valence-electron chi connectivity index (χ3n) is 6.59. The number of benzene rings is 2. The second-order valence-electron chi connectivity index (χ2n) is 9.10. The van der Waals surface area contributed by atoms with Gasteiger partial charge in [-0.15, -0.1) is 6.58 Å². The van der Waals surface area contributed by atoms with Crippen LogP contribution in [-0.2, 0) is 11.3 Å². The van der Waals surface area contributed by atoms with Crippen molar-refractivity contribution in [2.45, 2.75) is 38.5 Å². The van der Waals surface area contributed by atoms with Crippen LogP contribution in [0.5, 0.6) is 5.75 Å². The van der Waals surface area contributed by atoms with E-state index in [4.69, 9.17) is 9.84 Å². The number of carbonyl (C=O) groups is 1. The molecule has 1 saturated heterocycles. The average molecular weight is 476 g/mol. The zero-order chi connectivity index (χ0) is 24.9. The van der Waals surface area contributed by atoms with Gasteiger partial charge in [0.2, 0.25) is 0 Å². The molecular weight excluding hydrogens is 442 g/mol. The van der Waals surface area contributed by atoms with E-state index in [1.165, 1.54) is 22.1 Å². The Morgan fingerprint density at radius 1 is 1.17 bits per heavy atom. The number of hydrogen-bond acceptors (Lipinski definition) is 6. The van der Waals surface area contributed by atoms with Crippen molar-refractivity contribution in [3.8, 4) is 17.1 Å². The van der Waals surface area contributed by atoms with Crippen LogP contribution in [0.1, 0.15) is 31.0 Å². The van der Waals surface area contributed by atoms with E-state index in [1.807, 2.05) is 30.3 Å². The minimum atomic E-state index is -0.950. The fourth-order valence-corrected chi connectivity index (χ4v) is 4.85. The highest BCUT2D eigenvalue weighted by Gasteiger charge is 2.34. The molecule has 0 radical (unpaired) electrons. The summed E-state index contributed by atoms with van der Waals surface area (Å²) in [7, 11) is 1.69. The molecule has 1 aliphatic rings. The lowest BCUT2D eigenvalue weighted by Crippen LogP contribution is -2.57. The summed E-state index contributed by atoms with van der Waals surface area (Å²) in [5, 5.41) is 13.3. The van der Waals surface area contributed by atoms with E-state index < -0.39 is 5.97 Å². The molecule has 1 N–H and O–H groups in total. The minimum Gasteiger partial charge on any atom is -0.497 e. The largest absolute Gasteiger partial charge is 0.497 e. The molecule has 3 aromatic rings. The van der Waals surface area contributed by atoms with Gasteiger partial charge in [0.05, 0.1) is 13.2 Å². The highest BCUT2D eigenvalue weighted by Crippen LogP contribution is 2.35. The summed E-state index contributed by atoms with van der Waals surface area (Å²) >= 11 is 0. The van der Waals surface area contributed by atoms with Crippen molar-refractivity contribution in [1.82, 2.24) is 24.6 Å². The molecule has 8 nitrogen and oxygen atoms in total. The Bertz CT molecular complexity index is 1160. The number of ether oxygens (including phenoxy) is 1. The molecule has 0 amide bonds. The Kier molecular flexibility index (Phi) is 7.63. The van der Waals surface area contributed by atoms with Gasteiger partial charge < -0.3 is 9.84 Å². The van der Waals surface area contributed by atoms with Crippen molar-refractivity contribution in [1.29, 1.82) is 0 Å². The standard InChI is InChI=1S/C27H33N5O3/c1-5-13-30-15-20(3)32(16-19(30)2)26(23-7-6-8-24(14-23)35-4)21-9-11-22(12-10-21)27-28-18-31(29-27)17-25(33)34/h5-12,14,18-20,26H,1,13,15-17H2,2-4H3,(H,33,34). The molecule has 184 valence electrons. The van der Waals surface area contributed by atoms with Crippen LogP contribution in [0.3, 0.4) is 0 Å². The normalized spacial score (nSPS) is 19.9. The topological polar surface area (TPSA) is 83.7 Å². The fraction of sp³-hybridized carbons (Fsp3) is 0.370. The van der Waals surface area contributed by atoms with E-state index in [0.29, 0.717) is 17.9 Å². The molecule has 0 aliphatic carbocycles. The van der Waals surface area contributed by atoms with Gasteiger partial charge in [-0.2, -0.15) is 5.10 Å². The van der Waals surface area contributed by atoms with Crippen molar-refractivity contribution in [3.05, 3.63) is 78.6 Å². The quantitative estimate of drug-likeness (QED) is 0.473. The number of hydrogen-bond donors (Lipinski definition) is 1. The summed E-state index contributed by atoms with van der Waals surface area (Å²) in [5.74, 6) is 0.397. The first-order valence-corrected chi connectivity index (χ1v) is 11.9. The van der Waals surface area contributed by atoms with Gasteiger partial charge in [-0.25, -0.2) is 9.67 Å². The van der Waals surface area contributed by atoms with E-state index in [-0.39, 0.29) is 12.6 Å². The van der Waals surface area contributed by atoms with Crippen LogP contribution in [0.25, 0.3) is 11.4 Å². The van der Waals surface area contributed by atoms with Crippen LogP contribution >= 0.6 is 0 Å². The second kappa shape index (κ2) is 10.8. The third-order valence-corrected chi connectivity index (χ3v) is 6.59. The molecule has 8 heteroatoms. The van der Waals surface area contributed by atoms with Crippen molar-refractivity contribution < 1.29 is 14.6 Å². The number of carboxylic acids is 1. The maximum Gasteiger partial charge on any atom is 0.325 e. The number of nitrogens with zero attached hydrogens (tertiary/aromatic N) is 5. The van der Waals surface area contributed by atoms with Gasteiger partial charge in [-0.05, 0) is 37.1 Å². The van der Waals surface area contributed by atoms with Gasteiger partial charge in [0.1, 0.15) is 18.6 Å². The summed E-state index contributed by atoms with van der Waals surface area (Å²) in [4.78, 5) is 20.3. The summed E-state index contributed by atoms with van der Waals surface area (Å²) in [5.41, 5.74) is 3.19. The van der Waals surface area contributed by atoms with Crippen LogP contribution in [0.15, 0.2) is 67.5 Å². The lowest BCUT2D eigenvalue weighted by molar-refractivity contribution is -0.137. The molecule has 1 fully saturated rings. The zero-order valence-corrected chi connectivity index (χ0v) is 20.5. The van der Waals surface area contributed by atoms with Crippen LogP contribution in [0, 0.1) is 0 Å². The fourth-order valence-electron chi connectivity index (χ4n) is 4.85. The second-order valence-corrected chi connectivity index (χ2v) is 9.10. The number of methoxy groups -OCH3 is 1. The first-order valence-electron chi connectivity index (χ1n) is 11.9. The van der Waals surface area contributed by atoms with E-state index >= 15 is 0 Å². The highest BCUT2D eigenvalue weighted by atomic mass is 16.5. The zero-order valence-electron chi connectivity index (χ0n) is 20.5. The van der Waals surface area contributed by atoms with Gasteiger partial charge in [0.25, 0.3) is 0 Å². The van der Waals surface area contributed by atoms with Crippen LogP contribution in [0.4, 0.5) is 0 Å². The predicted octanol–water partition coefficient (Wildman–Crippen LogP) is 3.71. The Balaban J connectivity index is 1.67. The number of carboxylic acid groups (broad SMARTS) is 1. The van der Waals surface area contributed by atoms with E-state index in [0.717, 1.165) is 30.9 Å². The molecule has 4 rings (SSSR count). The molecule has 0 saturated carbocycles. The maximum absolute atomic E-state index is 11.0. The Morgan fingerprint density at radius 3 is 2.63 bits per heavy atom. The van der Waals surface area contributed by atoms with Crippen molar-refractivity contribution in [2.75, 3.05) is 26.7 Å². The van der Waals surface area contributed by atoms with Crippen LogP contribution < -0.4 is 4.74 Å². The summed E-state index contributed by atoms with van der Waals surface area (Å²) < 4.78 is 6.86. The van der Waals surface area contributed by atoms with Crippen LogP contribution in [0.2, 0.25) is 0 Å². The lowest BCUT2D eigenvalue weighted by Gasteiger charge is -2.47. The third kappa shape index (κ3) is 5.61. The molecule has 35 heavy (non-hydrogen) atoms. The average Bonchev–Trinajstić information content (AvgIpc) is 3.31. The lowest BCUT2D eigenvalue weighted by atomic mass is 9.92. The smallest absolute Gasteiger partial charge is 0.325 e. The first-order chi connectivity index (χ1) is 16.9. The van der Waals surface area contributed by atoms with Gasteiger partial charge in [0, 0.05) is 37.3 Å². The summed E-state index contributed by atoms with van der Waals surface area (Å²) in [6, 6.07) is 17.3. The van der Waals surface area contributed by atoms with Crippen molar-refractivity contribution in [3.63, 3.8) is 0 Å². The molecule has 0 bridgehead atoms. The number of piperazine rings is 1. The van der Waals surface area contributed by atoms with Gasteiger partial charge in [-0.1, -0.05) is 42.5 Å². The Hall–Kier alpha value is -3.49. The van der Waals surface area contributed by atoms with Gasteiger partial charge in [0.15, 0.2) is 5.82 Å². The van der Waals surface area contributed by atoms with Crippen molar-refractivity contribution in [2.24, 2.45) is 0 Å². The minimum absolute atomic E-state index is 0.0556. The number of aromatic nitrogens is 3. The molecule has 2 aromatic carbocycles. The maximum atomic E-state index is 11.0. The molecule has 1 aromatic heterocycles. The summed E-state index contributed by atoms with van der Waals surface area (Å²) in [6.07, 6.45) is 3.42. The monoisotopic (exact) mass is 475 g/mol. The Morgan fingerprint density at radius 2 is 1.94 bits per heavy atom. The van der Waals surface area contributed by atoms with E-state index in [9.17, 15) is 4.79 Å². The first kappa shape index (κ1) is 24.6. The van der Waals surface area contributed by atoms with Crippen molar-refractivity contribution >= 4 is 5.97 Å². The molecule has 3 atom stereocenters. The van der Waals surface area contributed by atoms with Crippen LogP contribution in [-0.4, -0.2) is 74.5 Å². The molecular formula is C27H33N5O3. The molecule has 2 heterocycles. The molecule has 0 spiro atoms. The molecule has 3 unspecified atom stereocenters. The van der Waals surface area contributed by atoms with Gasteiger partial charge >= 0.3 is 5.97 Å². The van der Waals surface area contributed by atoms with Gasteiger partial charge in [-0.3, -0.25) is 14.6 Å². The number of aliphatic carboxylic acids is 1. The van der Waals surface area contributed by atoms with E-state index in [2.05, 4.69) is 64.6 Å².